The highest BCUT2D eigenvalue weighted by Gasteiger charge is 2.21. The Kier molecular flexibility index (Phi) is 6.50. The number of nitrogens with one attached hydrogen (secondary N) is 1. The molecule has 1 unspecified atom stereocenters. The van der Waals surface area contributed by atoms with Gasteiger partial charge in [0.1, 0.15) is 11.9 Å². The second kappa shape index (κ2) is 9.06. The number of carbonyl (C=O) groups excluding carboxylic acids is 1. The Bertz CT molecular complexity index is 1090. The van der Waals surface area contributed by atoms with Gasteiger partial charge in [0.25, 0.3) is 5.91 Å². The van der Waals surface area contributed by atoms with E-state index in [2.05, 4.69) is 5.32 Å². The summed E-state index contributed by atoms with van der Waals surface area (Å²) in [5, 5.41) is 22.5. The first kappa shape index (κ1) is 20.8. The summed E-state index contributed by atoms with van der Waals surface area (Å²) in [5.41, 5.74) is 1.83. The third-order valence-corrected chi connectivity index (χ3v) is 4.90. The number of benzene rings is 3. The molecule has 0 aliphatic rings. The van der Waals surface area contributed by atoms with Gasteiger partial charge in [-0.3, -0.25) is 4.79 Å². The predicted molar refractivity (Wildman–Crippen MR) is 109 cm³/mol. The van der Waals surface area contributed by atoms with Crippen molar-refractivity contribution in [1.29, 1.82) is 5.26 Å². The van der Waals surface area contributed by atoms with Crippen LogP contribution < -0.4 is 5.32 Å². The molecule has 0 radical (unpaired) electrons. The topological polar surface area (TPSA) is 73.1 Å². The van der Waals surface area contributed by atoms with Gasteiger partial charge in [-0.2, -0.15) is 5.26 Å². The van der Waals surface area contributed by atoms with Crippen molar-refractivity contribution in [3.63, 3.8) is 0 Å². The number of rotatable bonds is 5. The van der Waals surface area contributed by atoms with E-state index >= 15 is 0 Å². The van der Waals surface area contributed by atoms with E-state index in [1.807, 2.05) is 0 Å². The number of halogens is 3. The third kappa shape index (κ3) is 4.75. The third-order valence-electron chi connectivity index (χ3n) is 4.42. The van der Waals surface area contributed by atoms with Gasteiger partial charge in [-0.25, -0.2) is 4.39 Å². The zero-order valence-electron chi connectivity index (χ0n) is 15.0. The van der Waals surface area contributed by atoms with Crippen molar-refractivity contribution in [2.24, 2.45) is 0 Å². The number of hydrogen-bond acceptors (Lipinski definition) is 3. The molecule has 0 aliphatic carbocycles. The zero-order valence-corrected chi connectivity index (χ0v) is 16.5. The van der Waals surface area contributed by atoms with Crippen LogP contribution in [0.1, 0.15) is 38.7 Å². The molecule has 3 aromatic rings. The Morgan fingerprint density at radius 1 is 1.07 bits per heavy atom. The maximum Gasteiger partial charge on any atom is 0.252 e. The number of aliphatic hydroxyl groups is 1. The minimum Gasteiger partial charge on any atom is -0.392 e. The highest BCUT2D eigenvalue weighted by atomic mass is 35.5. The summed E-state index contributed by atoms with van der Waals surface area (Å²) in [4.78, 5) is 12.8. The highest BCUT2D eigenvalue weighted by Crippen LogP contribution is 2.29. The van der Waals surface area contributed by atoms with Crippen LogP contribution in [0.3, 0.4) is 0 Å². The molecule has 0 bridgehead atoms. The Balaban J connectivity index is 2.02. The van der Waals surface area contributed by atoms with Crippen molar-refractivity contribution in [1.82, 2.24) is 5.32 Å². The average molecular weight is 429 g/mol. The summed E-state index contributed by atoms with van der Waals surface area (Å²) in [6.45, 7) is -0.276. The van der Waals surface area contributed by atoms with E-state index in [1.54, 1.807) is 48.5 Å². The molecule has 0 spiro atoms. The lowest BCUT2D eigenvalue weighted by Gasteiger charge is -2.22. The maximum absolute atomic E-state index is 13.9. The monoisotopic (exact) mass is 428 g/mol. The number of hydrogen-bond donors (Lipinski definition) is 2. The Morgan fingerprint density at radius 3 is 2.38 bits per heavy atom. The molecule has 29 heavy (non-hydrogen) atoms. The standard InChI is InChI=1S/C22H15Cl2FN2O2/c23-17-5-3-13(4-6-17)21(19-8-7-18(24)9-16(19)12-28)27-22(29)14-1-2-15(11-26)20(25)10-14/h1-10,21,28H,12H2,(H,27,29). The number of aliphatic hydroxyl groups excluding tert-OH is 1. The number of carbonyl (C=O) groups is 1. The van der Waals surface area contributed by atoms with E-state index in [4.69, 9.17) is 28.5 Å². The molecule has 2 N–H and O–H groups in total. The van der Waals surface area contributed by atoms with Gasteiger partial charge in [-0.1, -0.05) is 41.4 Å². The molecule has 0 saturated heterocycles. The lowest BCUT2D eigenvalue weighted by Crippen LogP contribution is -2.30. The van der Waals surface area contributed by atoms with Gasteiger partial charge in [-0.15, -0.1) is 0 Å². The number of amides is 1. The minimum absolute atomic E-state index is 0.0694. The van der Waals surface area contributed by atoms with Crippen LogP contribution in [0.4, 0.5) is 4.39 Å². The lowest BCUT2D eigenvalue weighted by atomic mass is 9.94. The fourth-order valence-corrected chi connectivity index (χ4v) is 3.27. The smallest absolute Gasteiger partial charge is 0.252 e. The van der Waals surface area contributed by atoms with Gasteiger partial charge in [0.15, 0.2) is 0 Å². The van der Waals surface area contributed by atoms with Crippen molar-refractivity contribution in [2.45, 2.75) is 12.6 Å². The molecular formula is C22H15Cl2FN2O2. The second-order valence-electron chi connectivity index (χ2n) is 6.27. The van der Waals surface area contributed by atoms with Crippen molar-refractivity contribution in [2.75, 3.05) is 0 Å². The number of nitrogens with zero attached hydrogens (tertiary/aromatic N) is 1. The zero-order chi connectivity index (χ0) is 21.0. The highest BCUT2D eigenvalue weighted by molar-refractivity contribution is 6.30. The summed E-state index contributed by atoms with van der Waals surface area (Å²) < 4.78 is 13.9. The average Bonchev–Trinajstić information content (AvgIpc) is 2.72. The Labute approximate surface area is 177 Å². The van der Waals surface area contributed by atoms with Crippen LogP contribution >= 0.6 is 23.2 Å². The fourth-order valence-electron chi connectivity index (χ4n) is 2.95. The van der Waals surface area contributed by atoms with Crippen molar-refractivity contribution in [3.8, 4) is 6.07 Å². The fraction of sp³-hybridized carbons (Fsp3) is 0.0909. The van der Waals surface area contributed by atoms with E-state index in [0.717, 1.165) is 6.07 Å². The van der Waals surface area contributed by atoms with E-state index in [-0.39, 0.29) is 17.7 Å². The summed E-state index contributed by atoms with van der Waals surface area (Å²) >= 11 is 12.0. The first-order chi connectivity index (χ1) is 13.9. The van der Waals surface area contributed by atoms with Crippen molar-refractivity contribution < 1.29 is 14.3 Å². The summed E-state index contributed by atoms with van der Waals surface area (Å²) in [6.07, 6.45) is 0. The molecule has 146 valence electrons. The minimum atomic E-state index is -0.772. The van der Waals surface area contributed by atoms with E-state index < -0.39 is 17.8 Å². The molecule has 0 fully saturated rings. The van der Waals surface area contributed by atoms with Crippen LogP contribution in [-0.2, 0) is 6.61 Å². The molecule has 0 aliphatic heterocycles. The quantitative estimate of drug-likeness (QED) is 0.599. The lowest BCUT2D eigenvalue weighted by molar-refractivity contribution is 0.0942. The van der Waals surface area contributed by atoms with E-state index in [9.17, 15) is 14.3 Å². The molecule has 7 heteroatoms. The van der Waals surface area contributed by atoms with Gasteiger partial charge < -0.3 is 10.4 Å². The molecule has 0 aromatic heterocycles. The van der Waals surface area contributed by atoms with Gasteiger partial charge >= 0.3 is 0 Å². The molecule has 1 amide bonds. The molecular weight excluding hydrogens is 414 g/mol. The Morgan fingerprint density at radius 2 is 1.76 bits per heavy atom. The van der Waals surface area contributed by atoms with Crippen molar-refractivity contribution in [3.05, 3.63) is 104 Å². The van der Waals surface area contributed by atoms with E-state index in [1.165, 1.54) is 12.1 Å². The van der Waals surface area contributed by atoms with Crippen LogP contribution in [0.15, 0.2) is 60.7 Å². The van der Waals surface area contributed by atoms with Gasteiger partial charge in [-0.05, 0) is 59.2 Å². The first-order valence-corrected chi connectivity index (χ1v) is 9.33. The normalized spacial score (nSPS) is 11.6. The second-order valence-corrected chi connectivity index (χ2v) is 7.14. The van der Waals surface area contributed by atoms with Gasteiger partial charge in [0, 0.05) is 15.6 Å². The van der Waals surface area contributed by atoms with Gasteiger partial charge in [0.2, 0.25) is 0 Å². The first-order valence-electron chi connectivity index (χ1n) is 8.58. The summed E-state index contributed by atoms with van der Waals surface area (Å²) in [7, 11) is 0. The van der Waals surface area contributed by atoms with Crippen molar-refractivity contribution >= 4 is 29.1 Å². The molecule has 3 rings (SSSR count). The molecule has 0 saturated carbocycles. The predicted octanol–water partition coefficient (Wildman–Crippen LogP) is 5.02. The van der Waals surface area contributed by atoms with Crippen LogP contribution in [-0.4, -0.2) is 11.0 Å². The maximum atomic E-state index is 13.9. The molecule has 1 atom stereocenters. The SMILES string of the molecule is N#Cc1ccc(C(=O)NC(c2ccc(Cl)cc2)c2ccc(Cl)cc2CO)cc1F. The van der Waals surface area contributed by atoms with Crippen LogP contribution in [0.25, 0.3) is 0 Å². The molecule has 3 aromatic carbocycles. The molecule has 4 nitrogen and oxygen atoms in total. The molecule has 0 heterocycles. The van der Waals surface area contributed by atoms with Crippen LogP contribution in [0.5, 0.6) is 0 Å². The Hall–Kier alpha value is -2.91. The van der Waals surface area contributed by atoms with Gasteiger partial charge in [0.05, 0.1) is 18.2 Å². The largest absolute Gasteiger partial charge is 0.392 e. The van der Waals surface area contributed by atoms with Crippen LogP contribution in [0, 0.1) is 17.1 Å². The number of nitriles is 1. The summed E-state index contributed by atoms with van der Waals surface area (Å²) in [5.74, 6) is -1.31. The van der Waals surface area contributed by atoms with Crippen LogP contribution in [0.2, 0.25) is 10.0 Å². The summed E-state index contributed by atoms with van der Waals surface area (Å²) in [6, 6.07) is 16.6. The van der Waals surface area contributed by atoms with E-state index in [0.29, 0.717) is 26.7 Å².